The summed E-state index contributed by atoms with van der Waals surface area (Å²) in [4.78, 5) is 0. The normalized spacial score (nSPS) is 19.7. The van der Waals surface area contributed by atoms with Gasteiger partial charge in [0.1, 0.15) is 0 Å². The SMILES string of the molecule is OB(O)OCC1NCCc2ccccc21. The zero-order chi connectivity index (χ0) is 10.7. The third-order valence-corrected chi connectivity index (χ3v) is 2.63. The van der Waals surface area contributed by atoms with Crippen molar-refractivity contribution in [3.63, 3.8) is 0 Å². The number of fused-ring (bicyclic) bond motifs is 1. The highest BCUT2D eigenvalue weighted by molar-refractivity contribution is 6.32. The predicted molar refractivity (Wildman–Crippen MR) is 57.0 cm³/mol. The summed E-state index contributed by atoms with van der Waals surface area (Å²) < 4.78 is 4.79. The molecule has 5 heteroatoms. The van der Waals surface area contributed by atoms with Crippen molar-refractivity contribution in [3.8, 4) is 0 Å². The number of rotatable bonds is 3. The van der Waals surface area contributed by atoms with E-state index in [-0.39, 0.29) is 12.6 Å². The standard InChI is InChI=1S/C10H14BNO3/c13-11(14)15-7-10-9-4-2-1-3-8(9)5-6-12-10/h1-4,10,12-14H,5-7H2. The quantitative estimate of drug-likeness (QED) is 0.603. The monoisotopic (exact) mass is 207 g/mol. The Labute approximate surface area is 89.1 Å². The molecule has 3 N–H and O–H groups in total. The molecule has 1 unspecified atom stereocenters. The molecule has 0 radical (unpaired) electrons. The molecule has 1 aliphatic heterocycles. The topological polar surface area (TPSA) is 61.7 Å². The molecule has 1 aromatic carbocycles. The summed E-state index contributed by atoms with van der Waals surface area (Å²) in [5.74, 6) is 0. The molecule has 0 spiro atoms. The average molecular weight is 207 g/mol. The van der Waals surface area contributed by atoms with Gasteiger partial charge in [0.15, 0.2) is 0 Å². The Morgan fingerprint density at radius 2 is 2.20 bits per heavy atom. The fourth-order valence-corrected chi connectivity index (χ4v) is 1.92. The molecule has 0 saturated heterocycles. The van der Waals surface area contributed by atoms with Gasteiger partial charge in [-0.3, -0.25) is 0 Å². The summed E-state index contributed by atoms with van der Waals surface area (Å²) in [7, 11) is -1.69. The molecule has 1 atom stereocenters. The minimum Gasteiger partial charge on any atom is -0.402 e. The molecule has 0 fully saturated rings. The number of benzene rings is 1. The molecular weight excluding hydrogens is 193 g/mol. The third kappa shape index (κ3) is 2.57. The molecule has 1 aromatic rings. The van der Waals surface area contributed by atoms with Gasteiger partial charge in [0.25, 0.3) is 0 Å². The summed E-state index contributed by atoms with van der Waals surface area (Å²) in [6.07, 6.45) is 1.01. The zero-order valence-corrected chi connectivity index (χ0v) is 8.39. The van der Waals surface area contributed by atoms with E-state index in [9.17, 15) is 0 Å². The molecule has 1 aliphatic rings. The first-order valence-corrected chi connectivity index (χ1v) is 5.06. The molecule has 2 rings (SSSR count). The molecule has 0 bridgehead atoms. The van der Waals surface area contributed by atoms with Crippen molar-refractivity contribution in [2.75, 3.05) is 13.2 Å². The van der Waals surface area contributed by atoms with Gasteiger partial charge in [-0.1, -0.05) is 24.3 Å². The van der Waals surface area contributed by atoms with Crippen LogP contribution in [0.2, 0.25) is 0 Å². The summed E-state index contributed by atoms with van der Waals surface area (Å²) in [5, 5.41) is 20.6. The lowest BCUT2D eigenvalue weighted by atomic mass is 9.95. The molecule has 80 valence electrons. The molecule has 0 aliphatic carbocycles. The smallest absolute Gasteiger partial charge is 0.402 e. The first kappa shape index (κ1) is 10.6. The Balaban J connectivity index is 2.08. The van der Waals surface area contributed by atoms with Crippen molar-refractivity contribution in [3.05, 3.63) is 35.4 Å². The maximum atomic E-state index is 8.64. The van der Waals surface area contributed by atoms with E-state index in [1.165, 1.54) is 11.1 Å². The van der Waals surface area contributed by atoms with Crippen molar-refractivity contribution in [1.82, 2.24) is 5.32 Å². The molecule has 0 amide bonds. The lowest BCUT2D eigenvalue weighted by molar-refractivity contribution is 0.163. The summed E-state index contributed by atoms with van der Waals surface area (Å²) in [5.41, 5.74) is 2.49. The van der Waals surface area contributed by atoms with E-state index < -0.39 is 7.32 Å². The summed E-state index contributed by atoms with van der Waals surface area (Å²) >= 11 is 0. The Kier molecular flexibility index (Phi) is 3.38. The molecule has 1 heterocycles. The maximum Gasteiger partial charge on any atom is 0.633 e. The van der Waals surface area contributed by atoms with E-state index in [1.54, 1.807) is 0 Å². The second-order valence-electron chi connectivity index (χ2n) is 3.62. The highest BCUT2D eigenvalue weighted by Crippen LogP contribution is 2.22. The van der Waals surface area contributed by atoms with Gasteiger partial charge < -0.3 is 20.0 Å². The van der Waals surface area contributed by atoms with Crippen LogP contribution >= 0.6 is 0 Å². The van der Waals surface area contributed by atoms with Crippen molar-refractivity contribution in [2.45, 2.75) is 12.5 Å². The molecule has 0 saturated carbocycles. The first-order chi connectivity index (χ1) is 7.27. The van der Waals surface area contributed by atoms with Crippen LogP contribution in [0.5, 0.6) is 0 Å². The van der Waals surface area contributed by atoms with Crippen LogP contribution in [0, 0.1) is 0 Å². The molecule has 15 heavy (non-hydrogen) atoms. The van der Waals surface area contributed by atoms with E-state index in [2.05, 4.69) is 11.4 Å². The van der Waals surface area contributed by atoms with Crippen molar-refractivity contribution < 1.29 is 14.7 Å². The van der Waals surface area contributed by atoms with Crippen molar-refractivity contribution >= 4 is 7.32 Å². The molecule has 4 nitrogen and oxygen atoms in total. The fraction of sp³-hybridized carbons (Fsp3) is 0.400. The third-order valence-electron chi connectivity index (χ3n) is 2.63. The Bertz CT molecular complexity index is 332. The van der Waals surface area contributed by atoms with Crippen LogP contribution in [0.15, 0.2) is 24.3 Å². The summed E-state index contributed by atoms with van der Waals surface area (Å²) in [6, 6.07) is 8.19. The summed E-state index contributed by atoms with van der Waals surface area (Å²) in [6.45, 7) is 1.17. The maximum absolute atomic E-state index is 8.64. The number of nitrogens with one attached hydrogen (secondary N) is 1. The van der Waals surface area contributed by atoms with Gasteiger partial charge in [-0.25, -0.2) is 0 Å². The van der Waals surface area contributed by atoms with Crippen LogP contribution in [0.1, 0.15) is 17.2 Å². The zero-order valence-electron chi connectivity index (χ0n) is 8.39. The predicted octanol–water partition coefficient (Wildman–Crippen LogP) is -0.141. The van der Waals surface area contributed by atoms with Gasteiger partial charge in [0, 0.05) is 0 Å². The van der Waals surface area contributed by atoms with Crippen molar-refractivity contribution in [2.24, 2.45) is 0 Å². The van der Waals surface area contributed by atoms with Crippen LogP contribution in [0.3, 0.4) is 0 Å². The largest absolute Gasteiger partial charge is 0.633 e. The van der Waals surface area contributed by atoms with Gasteiger partial charge in [0.2, 0.25) is 0 Å². The van der Waals surface area contributed by atoms with Crippen molar-refractivity contribution in [1.29, 1.82) is 0 Å². The Morgan fingerprint density at radius 3 is 3.00 bits per heavy atom. The fourth-order valence-electron chi connectivity index (χ4n) is 1.92. The highest BCUT2D eigenvalue weighted by Gasteiger charge is 2.21. The Morgan fingerprint density at radius 1 is 1.40 bits per heavy atom. The van der Waals surface area contributed by atoms with E-state index in [0.717, 1.165) is 13.0 Å². The second-order valence-corrected chi connectivity index (χ2v) is 3.62. The van der Waals surface area contributed by atoms with Crippen LogP contribution in [0.4, 0.5) is 0 Å². The van der Waals surface area contributed by atoms with E-state index >= 15 is 0 Å². The van der Waals surface area contributed by atoms with Gasteiger partial charge in [0.05, 0.1) is 12.6 Å². The van der Waals surface area contributed by atoms with Gasteiger partial charge in [-0.15, -0.1) is 0 Å². The number of hydrogen-bond donors (Lipinski definition) is 3. The lowest BCUT2D eigenvalue weighted by Crippen LogP contribution is -2.34. The minimum absolute atomic E-state index is 0.0525. The average Bonchev–Trinajstić information content (AvgIpc) is 2.26. The van der Waals surface area contributed by atoms with Gasteiger partial charge in [-0.2, -0.15) is 0 Å². The second kappa shape index (κ2) is 4.76. The van der Waals surface area contributed by atoms with E-state index in [0.29, 0.717) is 0 Å². The minimum atomic E-state index is -1.69. The highest BCUT2D eigenvalue weighted by atomic mass is 16.6. The van der Waals surface area contributed by atoms with Crippen LogP contribution in [0.25, 0.3) is 0 Å². The number of hydrogen-bond acceptors (Lipinski definition) is 4. The van der Waals surface area contributed by atoms with Crippen LogP contribution in [-0.4, -0.2) is 30.5 Å². The van der Waals surface area contributed by atoms with Gasteiger partial charge >= 0.3 is 7.32 Å². The first-order valence-electron chi connectivity index (χ1n) is 5.06. The van der Waals surface area contributed by atoms with Gasteiger partial charge in [-0.05, 0) is 24.1 Å². The Hall–Kier alpha value is -0.875. The van der Waals surface area contributed by atoms with E-state index in [4.69, 9.17) is 14.7 Å². The van der Waals surface area contributed by atoms with Crippen LogP contribution in [-0.2, 0) is 11.1 Å². The lowest BCUT2D eigenvalue weighted by Gasteiger charge is -2.26. The molecular formula is C10H14BNO3. The molecule has 0 aromatic heterocycles. The van der Waals surface area contributed by atoms with Crippen LogP contribution < -0.4 is 5.32 Å². The van der Waals surface area contributed by atoms with E-state index in [1.807, 2.05) is 18.2 Å².